The highest BCUT2D eigenvalue weighted by Gasteiger charge is 2.10. The average molecular weight is 328 g/mol. The summed E-state index contributed by atoms with van der Waals surface area (Å²) in [4.78, 5) is 12.0. The van der Waals surface area contributed by atoms with Gasteiger partial charge in [0.2, 0.25) is 0 Å². The Kier molecular flexibility index (Phi) is 4.15. The molecule has 0 radical (unpaired) electrons. The van der Waals surface area contributed by atoms with Gasteiger partial charge in [-0.1, -0.05) is 33.6 Å². The van der Waals surface area contributed by atoms with Crippen LogP contribution >= 0.6 is 27.5 Å². The lowest BCUT2D eigenvalue weighted by Gasteiger charge is -2.04. The molecule has 1 nitrogen and oxygen atoms in total. The lowest BCUT2D eigenvalue weighted by atomic mass is 10.0. The number of benzene rings is 2. The molecule has 2 rings (SSSR count). The number of rotatable bonds is 3. The SMILES string of the molecule is O=C(Cc1ccc(Br)cc1Cl)c1ccc(F)cc1. The summed E-state index contributed by atoms with van der Waals surface area (Å²) in [6.45, 7) is 0. The number of hydrogen-bond acceptors (Lipinski definition) is 1. The van der Waals surface area contributed by atoms with Crippen molar-refractivity contribution in [2.24, 2.45) is 0 Å². The van der Waals surface area contributed by atoms with Crippen LogP contribution in [-0.2, 0) is 6.42 Å². The minimum Gasteiger partial charge on any atom is -0.294 e. The standard InChI is InChI=1S/C14H9BrClFO/c15-11-4-1-10(13(16)8-11)7-14(18)9-2-5-12(17)6-3-9/h1-6,8H,7H2. The molecule has 92 valence electrons. The van der Waals surface area contributed by atoms with E-state index in [0.29, 0.717) is 10.6 Å². The summed E-state index contributed by atoms with van der Waals surface area (Å²) in [6, 6.07) is 10.9. The van der Waals surface area contributed by atoms with Crippen LogP contribution in [0.15, 0.2) is 46.9 Å². The Balaban J connectivity index is 2.18. The molecule has 0 atom stereocenters. The third-order valence-electron chi connectivity index (χ3n) is 2.53. The topological polar surface area (TPSA) is 17.1 Å². The Bertz CT molecular complexity index is 581. The second-order valence-electron chi connectivity index (χ2n) is 3.84. The predicted octanol–water partition coefficient (Wildman–Crippen LogP) is 4.67. The molecule has 0 aliphatic carbocycles. The van der Waals surface area contributed by atoms with Crippen LogP contribution < -0.4 is 0 Å². The van der Waals surface area contributed by atoms with Gasteiger partial charge in [0.05, 0.1) is 0 Å². The molecule has 18 heavy (non-hydrogen) atoms. The summed E-state index contributed by atoms with van der Waals surface area (Å²) in [7, 11) is 0. The second-order valence-corrected chi connectivity index (χ2v) is 5.17. The number of Topliss-reactive ketones (excluding diaryl/α,β-unsaturated/α-hetero) is 1. The smallest absolute Gasteiger partial charge is 0.167 e. The maximum atomic E-state index is 12.7. The van der Waals surface area contributed by atoms with Gasteiger partial charge in [-0.05, 0) is 42.0 Å². The normalized spacial score (nSPS) is 10.4. The average Bonchev–Trinajstić information content (AvgIpc) is 2.33. The van der Waals surface area contributed by atoms with Gasteiger partial charge in [-0.25, -0.2) is 4.39 Å². The molecule has 0 aromatic heterocycles. The van der Waals surface area contributed by atoms with Crippen LogP contribution in [0.1, 0.15) is 15.9 Å². The molecule has 0 bridgehead atoms. The molecule has 0 heterocycles. The molecule has 0 amide bonds. The van der Waals surface area contributed by atoms with Crippen molar-refractivity contribution in [3.05, 3.63) is 68.9 Å². The van der Waals surface area contributed by atoms with Crippen LogP contribution in [-0.4, -0.2) is 5.78 Å². The molecule has 0 aliphatic rings. The zero-order valence-corrected chi connectivity index (χ0v) is 11.6. The summed E-state index contributed by atoms with van der Waals surface area (Å²) in [5, 5.41) is 0.542. The van der Waals surface area contributed by atoms with Crippen LogP contribution in [0.4, 0.5) is 4.39 Å². The van der Waals surface area contributed by atoms with Gasteiger partial charge in [-0.3, -0.25) is 4.79 Å². The summed E-state index contributed by atoms with van der Waals surface area (Å²) in [6.07, 6.45) is 0.206. The van der Waals surface area contributed by atoms with Crippen molar-refractivity contribution in [3.63, 3.8) is 0 Å². The summed E-state index contributed by atoms with van der Waals surface area (Å²) in [5.41, 5.74) is 1.24. The van der Waals surface area contributed by atoms with E-state index in [4.69, 9.17) is 11.6 Å². The van der Waals surface area contributed by atoms with Gasteiger partial charge in [0.25, 0.3) is 0 Å². The lowest BCUT2D eigenvalue weighted by molar-refractivity contribution is 0.0993. The van der Waals surface area contributed by atoms with E-state index in [-0.39, 0.29) is 18.0 Å². The first kappa shape index (κ1) is 13.2. The maximum Gasteiger partial charge on any atom is 0.167 e. The fourth-order valence-electron chi connectivity index (χ4n) is 1.58. The van der Waals surface area contributed by atoms with Crippen LogP contribution in [0.25, 0.3) is 0 Å². The molecule has 0 unspecified atom stereocenters. The first-order valence-electron chi connectivity index (χ1n) is 5.29. The monoisotopic (exact) mass is 326 g/mol. The van der Waals surface area contributed by atoms with Crippen LogP contribution in [0.3, 0.4) is 0 Å². The Morgan fingerprint density at radius 3 is 2.44 bits per heavy atom. The summed E-state index contributed by atoms with van der Waals surface area (Å²) < 4.78 is 13.6. The zero-order chi connectivity index (χ0) is 13.1. The van der Waals surface area contributed by atoms with Crippen molar-refractivity contribution in [3.8, 4) is 0 Å². The van der Waals surface area contributed by atoms with E-state index in [1.54, 1.807) is 12.1 Å². The fourth-order valence-corrected chi connectivity index (χ4v) is 2.32. The molecule has 0 spiro atoms. The molecule has 0 fully saturated rings. The van der Waals surface area contributed by atoms with Gasteiger partial charge in [-0.15, -0.1) is 0 Å². The maximum absolute atomic E-state index is 12.7. The van der Waals surface area contributed by atoms with Gasteiger partial charge < -0.3 is 0 Å². The van der Waals surface area contributed by atoms with Gasteiger partial charge >= 0.3 is 0 Å². The third kappa shape index (κ3) is 3.18. The Hall–Kier alpha value is -1.19. The van der Waals surface area contributed by atoms with Crippen LogP contribution in [0.2, 0.25) is 5.02 Å². The van der Waals surface area contributed by atoms with E-state index < -0.39 is 0 Å². The van der Waals surface area contributed by atoms with E-state index in [1.165, 1.54) is 24.3 Å². The third-order valence-corrected chi connectivity index (χ3v) is 3.38. The van der Waals surface area contributed by atoms with Crippen LogP contribution in [0, 0.1) is 5.82 Å². The first-order valence-corrected chi connectivity index (χ1v) is 6.46. The largest absolute Gasteiger partial charge is 0.294 e. The minimum atomic E-state index is -0.353. The molecule has 0 aliphatic heterocycles. The Morgan fingerprint density at radius 2 is 1.83 bits per heavy atom. The summed E-state index contributed by atoms with van der Waals surface area (Å²) >= 11 is 9.35. The molecule has 2 aromatic rings. The van der Waals surface area contributed by atoms with Crippen molar-refractivity contribution in [2.75, 3.05) is 0 Å². The van der Waals surface area contributed by atoms with E-state index in [2.05, 4.69) is 15.9 Å². The minimum absolute atomic E-state index is 0.0841. The van der Waals surface area contributed by atoms with E-state index >= 15 is 0 Å². The van der Waals surface area contributed by atoms with E-state index in [9.17, 15) is 9.18 Å². The molecule has 4 heteroatoms. The molecule has 2 aromatic carbocycles. The lowest BCUT2D eigenvalue weighted by Crippen LogP contribution is -2.04. The molecule has 0 saturated heterocycles. The quantitative estimate of drug-likeness (QED) is 0.749. The fraction of sp³-hybridized carbons (Fsp3) is 0.0714. The van der Waals surface area contributed by atoms with Crippen molar-refractivity contribution in [1.82, 2.24) is 0 Å². The number of halogens is 3. The zero-order valence-electron chi connectivity index (χ0n) is 9.29. The van der Waals surface area contributed by atoms with Crippen molar-refractivity contribution < 1.29 is 9.18 Å². The highest BCUT2D eigenvalue weighted by Crippen LogP contribution is 2.22. The van der Waals surface area contributed by atoms with Gasteiger partial charge in [-0.2, -0.15) is 0 Å². The number of carbonyl (C=O) groups is 1. The Morgan fingerprint density at radius 1 is 1.17 bits per heavy atom. The number of ketones is 1. The highest BCUT2D eigenvalue weighted by atomic mass is 79.9. The molecule has 0 N–H and O–H groups in total. The van der Waals surface area contributed by atoms with Gasteiger partial charge in [0, 0.05) is 21.5 Å². The predicted molar refractivity (Wildman–Crippen MR) is 73.6 cm³/mol. The number of carbonyl (C=O) groups excluding carboxylic acids is 1. The first-order chi connectivity index (χ1) is 8.56. The summed E-state index contributed by atoms with van der Waals surface area (Å²) in [5.74, 6) is -0.438. The van der Waals surface area contributed by atoms with Crippen molar-refractivity contribution in [2.45, 2.75) is 6.42 Å². The molecular weight excluding hydrogens is 319 g/mol. The van der Waals surface area contributed by atoms with E-state index in [0.717, 1.165) is 10.0 Å². The highest BCUT2D eigenvalue weighted by molar-refractivity contribution is 9.10. The second kappa shape index (κ2) is 5.63. The van der Waals surface area contributed by atoms with Crippen molar-refractivity contribution >= 4 is 33.3 Å². The van der Waals surface area contributed by atoms with E-state index in [1.807, 2.05) is 6.07 Å². The van der Waals surface area contributed by atoms with Crippen LogP contribution in [0.5, 0.6) is 0 Å². The van der Waals surface area contributed by atoms with Gasteiger partial charge in [0.15, 0.2) is 5.78 Å². The molecular formula is C14H9BrClFO. The Labute approximate surface area is 118 Å². The van der Waals surface area contributed by atoms with Crippen molar-refractivity contribution in [1.29, 1.82) is 0 Å². The molecule has 0 saturated carbocycles. The van der Waals surface area contributed by atoms with Gasteiger partial charge in [0.1, 0.15) is 5.82 Å². The number of hydrogen-bond donors (Lipinski definition) is 0.